The first-order chi connectivity index (χ1) is 11.4. The van der Waals surface area contributed by atoms with Crippen molar-refractivity contribution in [3.05, 3.63) is 29.8 Å². The molecule has 136 valence electrons. The second kappa shape index (κ2) is 10.2. The Hall–Kier alpha value is -1.79. The van der Waals surface area contributed by atoms with Gasteiger partial charge in [0.05, 0.1) is 12.1 Å². The predicted octanol–water partition coefficient (Wildman–Crippen LogP) is 1.71. The van der Waals surface area contributed by atoms with Gasteiger partial charge in [0.15, 0.2) is 5.96 Å². The Bertz CT molecular complexity index is 518. The van der Waals surface area contributed by atoms with Gasteiger partial charge in [0.1, 0.15) is 18.5 Å². The van der Waals surface area contributed by atoms with Crippen LogP contribution in [-0.2, 0) is 4.74 Å². The number of aliphatic hydroxyl groups excluding tert-OH is 1. The molecule has 0 radical (unpaired) electrons. The largest absolute Gasteiger partial charge is 0.491 e. The van der Waals surface area contributed by atoms with Gasteiger partial charge in [-0.15, -0.1) is 0 Å². The van der Waals surface area contributed by atoms with Crippen molar-refractivity contribution in [2.24, 2.45) is 4.99 Å². The molecule has 6 heteroatoms. The van der Waals surface area contributed by atoms with E-state index in [-0.39, 0.29) is 12.2 Å². The quantitative estimate of drug-likeness (QED) is 0.472. The van der Waals surface area contributed by atoms with Gasteiger partial charge in [0.2, 0.25) is 0 Å². The third-order valence-corrected chi connectivity index (χ3v) is 3.45. The predicted molar refractivity (Wildman–Crippen MR) is 97.8 cm³/mol. The van der Waals surface area contributed by atoms with Gasteiger partial charge in [0, 0.05) is 20.2 Å². The van der Waals surface area contributed by atoms with Crippen molar-refractivity contribution < 1.29 is 14.6 Å². The molecule has 0 heterocycles. The van der Waals surface area contributed by atoms with Crippen LogP contribution in [0.2, 0.25) is 0 Å². The second-order valence-electron chi connectivity index (χ2n) is 6.32. The lowest BCUT2D eigenvalue weighted by Gasteiger charge is -2.21. The third kappa shape index (κ3) is 8.17. The molecule has 24 heavy (non-hydrogen) atoms. The van der Waals surface area contributed by atoms with E-state index in [0.29, 0.717) is 19.0 Å². The van der Waals surface area contributed by atoms with E-state index in [1.54, 1.807) is 7.11 Å². The Morgan fingerprint density at radius 1 is 1.33 bits per heavy atom. The third-order valence-electron chi connectivity index (χ3n) is 3.45. The standard InChI is InChI=1S/C18H31N3O3/c1-6-19-17(21-13-18(3,4)23-5)20-11-15(22)12-24-16-9-7-8-14(2)10-16/h7-10,15,22H,6,11-13H2,1-5H3,(H2,19,20,21). The molecule has 1 unspecified atom stereocenters. The zero-order valence-corrected chi connectivity index (χ0v) is 15.4. The second-order valence-corrected chi connectivity index (χ2v) is 6.32. The number of hydrogen-bond donors (Lipinski definition) is 3. The lowest BCUT2D eigenvalue weighted by molar-refractivity contribution is 0.0310. The molecule has 1 aromatic rings. The zero-order valence-electron chi connectivity index (χ0n) is 15.4. The summed E-state index contributed by atoms with van der Waals surface area (Å²) in [5, 5.41) is 16.3. The van der Waals surface area contributed by atoms with Gasteiger partial charge in [-0.1, -0.05) is 12.1 Å². The minimum atomic E-state index is -0.634. The zero-order chi connectivity index (χ0) is 18.0. The molecule has 0 saturated carbocycles. The molecule has 1 aromatic carbocycles. The number of hydrogen-bond acceptors (Lipinski definition) is 4. The summed E-state index contributed by atoms with van der Waals surface area (Å²) in [6.07, 6.45) is -0.634. The molecular weight excluding hydrogens is 306 g/mol. The topological polar surface area (TPSA) is 75.1 Å². The van der Waals surface area contributed by atoms with Gasteiger partial charge >= 0.3 is 0 Å². The van der Waals surface area contributed by atoms with Crippen molar-refractivity contribution in [1.29, 1.82) is 0 Å². The number of methoxy groups -OCH3 is 1. The number of nitrogens with one attached hydrogen (secondary N) is 2. The van der Waals surface area contributed by atoms with Crippen LogP contribution in [0, 0.1) is 6.92 Å². The van der Waals surface area contributed by atoms with Crippen LogP contribution in [0.15, 0.2) is 29.3 Å². The van der Waals surface area contributed by atoms with Crippen molar-refractivity contribution in [2.45, 2.75) is 39.4 Å². The maximum absolute atomic E-state index is 10.1. The van der Waals surface area contributed by atoms with Gasteiger partial charge in [-0.25, -0.2) is 0 Å². The van der Waals surface area contributed by atoms with Crippen molar-refractivity contribution in [3.8, 4) is 5.75 Å². The number of aliphatic hydroxyl groups is 1. The number of aliphatic imine (C=N–C) groups is 1. The highest BCUT2D eigenvalue weighted by Crippen LogP contribution is 2.12. The number of ether oxygens (including phenoxy) is 2. The fourth-order valence-corrected chi connectivity index (χ4v) is 1.85. The number of benzene rings is 1. The van der Waals surface area contributed by atoms with E-state index in [1.165, 1.54) is 0 Å². The Balaban J connectivity index is 2.43. The summed E-state index contributed by atoms with van der Waals surface area (Å²) in [7, 11) is 1.67. The molecule has 0 spiro atoms. The van der Waals surface area contributed by atoms with Gasteiger partial charge in [0.25, 0.3) is 0 Å². The Morgan fingerprint density at radius 2 is 2.08 bits per heavy atom. The maximum atomic E-state index is 10.1. The van der Waals surface area contributed by atoms with E-state index < -0.39 is 6.10 Å². The van der Waals surface area contributed by atoms with Crippen LogP contribution in [0.1, 0.15) is 26.3 Å². The first-order valence-corrected chi connectivity index (χ1v) is 8.31. The van der Waals surface area contributed by atoms with Crippen LogP contribution in [0.5, 0.6) is 5.75 Å². The highest BCUT2D eigenvalue weighted by Gasteiger charge is 2.16. The van der Waals surface area contributed by atoms with Crippen LogP contribution in [0.25, 0.3) is 0 Å². The summed E-state index contributed by atoms with van der Waals surface area (Å²) in [6, 6.07) is 7.76. The van der Waals surface area contributed by atoms with Crippen LogP contribution in [0.3, 0.4) is 0 Å². The van der Waals surface area contributed by atoms with Gasteiger partial charge in [-0.3, -0.25) is 4.99 Å². The summed E-state index contributed by atoms with van der Waals surface area (Å²) in [6.45, 7) is 9.80. The SMILES string of the molecule is CCNC(=NCC(C)(C)OC)NCC(O)COc1cccc(C)c1. The summed E-state index contributed by atoms with van der Waals surface area (Å²) >= 11 is 0. The number of guanidine groups is 1. The first-order valence-electron chi connectivity index (χ1n) is 8.31. The fraction of sp³-hybridized carbons (Fsp3) is 0.611. The normalized spacial score (nSPS) is 13.5. The molecule has 0 aliphatic rings. The molecule has 1 atom stereocenters. The van der Waals surface area contributed by atoms with Crippen LogP contribution in [-0.4, -0.2) is 56.1 Å². The molecule has 0 aliphatic heterocycles. The van der Waals surface area contributed by atoms with Crippen LogP contribution < -0.4 is 15.4 Å². The van der Waals surface area contributed by atoms with Crippen molar-refractivity contribution in [2.75, 3.05) is 33.4 Å². The molecular formula is C18H31N3O3. The van der Waals surface area contributed by atoms with E-state index in [1.807, 2.05) is 52.0 Å². The molecule has 0 amide bonds. The fourth-order valence-electron chi connectivity index (χ4n) is 1.85. The first kappa shape index (κ1) is 20.3. The van der Waals surface area contributed by atoms with E-state index in [0.717, 1.165) is 17.9 Å². The molecule has 1 rings (SSSR count). The van der Waals surface area contributed by atoms with Crippen molar-refractivity contribution in [1.82, 2.24) is 10.6 Å². The average molecular weight is 337 g/mol. The Morgan fingerprint density at radius 3 is 2.71 bits per heavy atom. The summed E-state index contributed by atoms with van der Waals surface area (Å²) in [5.41, 5.74) is 0.803. The molecule has 0 bridgehead atoms. The van der Waals surface area contributed by atoms with Gasteiger partial charge in [-0.05, 0) is 45.4 Å². The van der Waals surface area contributed by atoms with E-state index in [9.17, 15) is 5.11 Å². The maximum Gasteiger partial charge on any atom is 0.191 e. The summed E-state index contributed by atoms with van der Waals surface area (Å²) in [4.78, 5) is 4.48. The van der Waals surface area contributed by atoms with E-state index in [2.05, 4.69) is 15.6 Å². The molecule has 0 saturated heterocycles. The molecule has 6 nitrogen and oxygen atoms in total. The molecule has 0 aliphatic carbocycles. The number of aryl methyl sites for hydroxylation is 1. The Kier molecular flexibility index (Phi) is 8.57. The molecule has 0 aromatic heterocycles. The smallest absolute Gasteiger partial charge is 0.191 e. The lowest BCUT2D eigenvalue weighted by atomic mass is 10.1. The highest BCUT2D eigenvalue weighted by atomic mass is 16.5. The lowest BCUT2D eigenvalue weighted by Crippen LogP contribution is -2.43. The van der Waals surface area contributed by atoms with E-state index in [4.69, 9.17) is 9.47 Å². The number of rotatable bonds is 9. The van der Waals surface area contributed by atoms with Crippen molar-refractivity contribution in [3.63, 3.8) is 0 Å². The molecule has 0 fully saturated rings. The molecule has 3 N–H and O–H groups in total. The van der Waals surface area contributed by atoms with Crippen molar-refractivity contribution >= 4 is 5.96 Å². The average Bonchev–Trinajstić information content (AvgIpc) is 2.55. The minimum absolute atomic E-state index is 0.222. The van der Waals surface area contributed by atoms with Gasteiger partial charge in [-0.2, -0.15) is 0 Å². The number of nitrogens with zero attached hydrogens (tertiary/aromatic N) is 1. The van der Waals surface area contributed by atoms with E-state index >= 15 is 0 Å². The van der Waals surface area contributed by atoms with Gasteiger partial charge < -0.3 is 25.2 Å². The minimum Gasteiger partial charge on any atom is -0.491 e. The monoisotopic (exact) mass is 337 g/mol. The summed E-state index contributed by atoms with van der Waals surface area (Å²) < 4.78 is 11.0. The Labute approximate surface area is 145 Å². The van der Waals surface area contributed by atoms with Crippen LogP contribution in [0.4, 0.5) is 0 Å². The highest BCUT2D eigenvalue weighted by molar-refractivity contribution is 5.79. The van der Waals surface area contributed by atoms with Crippen LogP contribution >= 0.6 is 0 Å². The summed E-state index contributed by atoms with van der Waals surface area (Å²) in [5.74, 6) is 1.41.